The van der Waals surface area contributed by atoms with E-state index in [-0.39, 0.29) is 6.10 Å². The number of hydrogen-bond donors (Lipinski definition) is 2. The van der Waals surface area contributed by atoms with Crippen molar-refractivity contribution >= 4 is 0 Å². The van der Waals surface area contributed by atoms with E-state index in [1.54, 1.807) is 0 Å². The van der Waals surface area contributed by atoms with Crippen molar-refractivity contribution in [3.63, 3.8) is 0 Å². The van der Waals surface area contributed by atoms with E-state index in [9.17, 15) is 5.11 Å². The minimum Gasteiger partial charge on any atom is -0.393 e. The number of hydrogen-bond acceptors (Lipinski definition) is 2. The van der Waals surface area contributed by atoms with Crippen LogP contribution in [0.2, 0.25) is 0 Å². The second kappa shape index (κ2) is 3.35. The quantitative estimate of drug-likeness (QED) is 0.568. The Labute approximate surface area is 62.6 Å². The van der Waals surface area contributed by atoms with Crippen LogP contribution < -0.4 is 5.32 Å². The minimum atomic E-state index is -0.0614. The van der Waals surface area contributed by atoms with E-state index in [2.05, 4.69) is 19.2 Å². The molecule has 1 aliphatic rings. The Bertz CT molecular complexity index is 103. The van der Waals surface area contributed by atoms with Crippen molar-refractivity contribution in [2.24, 2.45) is 5.92 Å². The Morgan fingerprint density at radius 2 is 2.20 bits per heavy atom. The fourth-order valence-electron chi connectivity index (χ4n) is 1.44. The summed E-state index contributed by atoms with van der Waals surface area (Å²) in [6.45, 7) is 5.36. The zero-order valence-electron chi connectivity index (χ0n) is 6.80. The van der Waals surface area contributed by atoms with Crippen LogP contribution >= 0.6 is 0 Å². The van der Waals surface area contributed by atoms with Gasteiger partial charge in [0.05, 0.1) is 6.10 Å². The summed E-state index contributed by atoms with van der Waals surface area (Å²) in [5.41, 5.74) is 0. The summed E-state index contributed by atoms with van der Waals surface area (Å²) in [6.07, 6.45) is 1.79. The molecule has 0 aromatic carbocycles. The molecule has 0 spiro atoms. The Kier molecular flexibility index (Phi) is 2.69. The van der Waals surface area contributed by atoms with Crippen molar-refractivity contribution in [3.05, 3.63) is 0 Å². The molecule has 1 rings (SSSR count). The van der Waals surface area contributed by atoms with E-state index in [0.29, 0.717) is 12.0 Å². The Balaban J connectivity index is 2.32. The summed E-state index contributed by atoms with van der Waals surface area (Å²) in [7, 11) is 0. The third kappa shape index (κ3) is 1.96. The van der Waals surface area contributed by atoms with Gasteiger partial charge in [-0.2, -0.15) is 0 Å². The minimum absolute atomic E-state index is 0.0614. The van der Waals surface area contributed by atoms with Crippen LogP contribution in [0.3, 0.4) is 0 Å². The van der Waals surface area contributed by atoms with Gasteiger partial charge < -0.3 is 10.4 Å². The first kappa shape index (κ1) is 8.02. The van der Waals surface area contributed by atoms with Gasteiger partial charge in [0.1, 0.15) is 0 Å². The van der Waals surface area contributed by atoms with E-state index in [1.807, 2.05) is 0 Å². The summed E-state index contributed by atoms with van der Waals surface area (Å²) in [4.78, 5) is 0. The zero-order valence-corrected chi connectivity index (χ0v) is 6.80. The SMILES string of the molecule is CC(C)[C@@H]1C[C@@H](O)CCN1. The van der Waals surface area contributed by atoms with Gasteiger partial charge in [-0.1, -0.05) is 13.8 Å². The standard InChI is InChI=1S/C8H17NO/c1-6(2)8-5-7(10)3-4-9-8/h6-10H,3-5H2,1-2H3/t7-,8-/m0/s1. The molecule has 1 heterocycles. The summed E-state index contributed by atoms with van der Waals surface area (Å²) < 4.78 is 0. The topological polar surface area (TPSA) is 32.3 Å². The molecule has 1 aliphatic heterocycles. The van der Waals surface area contributed by atoms with Crippen LogP contribution in [-0.4, -0.2) is 23.8 Å². The highest BCUT2D eigenvalue weighted by atomic mass is 16.3. The predicted molar refractivity (Wildman–Crippen MR) is 41.9 cm³/mol. The fourth-order valence-corrected chi connectivity index (χ4v) is 1.44. The van der Waals surface area contributed by atoms with E-state index < -0.39 is 0 Å². The largest absolute Gasteiger partial charge is 0.393 e. The molecule has 2 N–H and O–H groups in total. The van der Waals surface area contributed by atoms with Gasteiger partial charge in [0.2, 0.25) is 0 Å². The highest BCUT2D eigenvalue weighted by molar-refractivity contribution is 4.79. The predicted octanol–water partition coefficient (Wildman–Crippen LogP) is 0.755. The molecule has 1 fully saturated rings. The molecule has 0 amide bonds. The molecular weight excluding hydrogens is 126 g/mol. The van der Waals surface area contributed by atoms with Crippen molar-refractivity contribution < 1.29 is 5.11 Å². The van der Waals surface area contributed by atoms with Crippen LogP contribution in [-0.2, 0) is 0 Å². The maximum Gasteiger partial charge on any atom is 0.0567 e. The molecule has 0 bridgehead atoms. The van der Waals surface area contributed by atoms with Crippen LogP contribution in [0, 0.1) is 5.92 Å². The molecule has 10 heavy (non-hydrogen) atoms. The van der Waals surface area contributed by atoms with E-state index >= 15 is 0 Å². The van der Waals surface area contributed by atoms with Crippen molar-refractivity contribution in [2.75, 3.05) is 6.54 Å². The van der Waals surface area contributed by atoms with Gasteiger partial charge in [-0.3, -0.25) is 0 Å². The molecular formula is C8H17NO. The molecule has 0 aromatic rings. The monoisotopic (exact) mass is 143 g/mol. The molecule has 0 aromatic heterocycles. The van der Waals surface area contributed by atoms with E-state index in [0.717, 1.165) is 19.4 Å². The van der Waals surface area contributed by atoms with E-state index in [1.165, 1.54) is 0 Å². The van der Waals surface area contributed by atoms with E-state index in [4.69, 9.17) is 0 Å². The van der Waals surface area contributed by atoms with Crippen LogP contribution in [0.25, 0.3) is 0 Å². The molecule has 0 saturated carbocycles. The lowest BCUT2D eigenvalue weighted by Gasteiger charge is -2.29. The third-order valence-corrected chi connectivity index (χ3v) is 2.21. The van der Waals surface area contributed by atoms with Crippen molar-refractivity contribution in [3.8, 4) is 0 Å². The lowest BCUT2D eigenvalue weighted by Crippen LogP contribution is -2.43. The molecule has 60 valence electrons. The van der Waals surface area contributed by atoms with Crippen molar-refractivity contribution in [1.29, 1.82) is 0 Å². The Morgan fingerprint density at radius 1 is 1.50 bits per heavy atom. The molecule has 1 saturated heterocycles. The summed E-state index contributed by atoms with van der Waals surface area (Å²) >= 11 is 0. The lowest BCUT2D eigenvalue weighted by molar-refractivity contribution is 0.105. The van der Waals surface area contributed by atoms with Gasteiger partial charge in [-0.25, -0.2) is 0 Å². The number of piperidine rings is 1. The molecule has 2 atom stereocenters. The van der Waals surface area contributed by atoms with Gasteiger partial charge in [0.15, 0.2) is 0 Å². The summed E-state index contributed by atoms with van der Waals surface area (Å²) in [5, 5.41) is 12.7. The number of aliphatic hydroxyl groups excluding tert-OH is 1. The Morgan fingerprint density at radius 3 is 2.60 bits per heavy atom. The average molecular weight is 143 g/mol. The van der Waals surface area contributed by atoms with Crippen molar-refractivity contribution in [1.82, 2.24) is 5.32 Å². The van der Waals surface area contributed by atoms with Gasteiger partial charge >= 0.3 is 0 Å². The maximum atomic E-state index is 9.29. The number of rotatable bonds is 1. The smallest absolute Gasteiger partial charge is 0.0567 e. The van der Waals surface area contributed by atoms with Gasteiger partial charge in [0, 0.05) is 6.04 Å². The zero-order chi connectivity index (χ0) is 7.56. The third-order valence-electron chi connectivity index (χ3n) is 2.21. The van der Waals surface area contributed by atoms with Crippen LogP contribution in [0.15, 0.2) is 0 Å². The second-order valence-electron chi connectivity index (χ2n) is 3.48. The molecule has 0 radical (unpaired) electrons. The molecule has 0 aliphatic carbocycles. The number of aliphatic hydroxyl groups is 1. The Hall–Kier alpha value is -0.0800. The molecule has 2 heteroatoms. The normalized spacial score (nSPS) is 34.8. The first-order valence-electron chi connectivity index (χ1n) is 4.11. The summed E-state index contributed by atoms with van der Waals surface area (Å²) in [5.74, 6) is 0.648. The van der Waals surface area contributed by atoms with Crippen LogP contribution in [0.5, 0.6) is 0 Å². The highest BCUT2D eigenvalue weighted by Gasteiger charge is 2.21. The van der Waals surface area contributed by atoms with Gasteiger partial charge in [-0.15, -0.1) is 0 Å². The van der Waals surface area contributed by atoms with Crippen LogP contribution in [0.4, 0.5) is 0 Å². The van der Waals surface area contributed by atoms with Crippen molar-refractivity contribution in [2.45, 2.75) is 38.8 Å². The first-order chi connectivity index (χ1) is 4.70. The first-order valence-corrected chi connectivity index (χ1v) is 4.11. The summed E-state index contributed by atoms with van der Waals surface area (Å²) in [6, 6.07) is 0.531. The molecule has 0 unspecified atom stereocenters. The number of nitrogens with one attached hydrogen (secondary N) is 1. The average Bonchev–Trinajstić information content (AvgIpc) is 1.88. The van der Waals surface area contributed by atoms with Gasteiger partial charge in [0.25, 0.3) is 0 Å². The highest BCUT2D eigenvalue weighted by Crippen LogP contribution is 2.14. The maximum absolute atomic E-state index is 9.29. The lowest BCUT2D eigenvalue weighted by atomic mass is 9.93. The molecule has 2 nitrogen and oxygen atoms in total. The fraction of sp³-hybridized carbons (Fsp3) is 1.00. The van der Waals surface area contributed by atoms with Crippen LogP contribution in [0.1, 0.15) is 26.7 Å². The second-order valence-corrected chi connectivity index (χ2v) is 3.48. The van der Waals surface area contributed by atoms with Gasteiger partial charge in [-0.05, 0) is 25.3 Å².